The Morgan fingerprint density at radius 1 is 1.18 bits per heavy atom. The topological polar surface area (TPSA) is 87.7 Å². The molecule has 1 aromatic rings. The van der Waals surface area contributed by atoms with Gasteiger partial charge in [-0.15, -0.1) is 0 Å². The van der Waals surface area contributed by atoms with E-state index >= 15 is 0 Å². The van der Waals surface area contributed by atoms with Crippen molar-refractivity contribution < 1.29 is 19.4 Å². The number of ether oxygens (including phenoxy) is 1. The highest BCUT2D eigenvalue weighted by Crippen LogP contribution is 2.20. The highest BCUT2D eigenvalue weighted by Gasteiger charge is 2.31. The number of aryl methyl sites for hydroxylation is 2. The van der Waals surface area contributed by atoms with Gasteiger partial charge in [0.1, 0.15) is 0 Å². The van der Waals surface area contributed by atoms with Crippen LogP contribution in [0.5, 0.6) is 0 Å². The van der Waals surface area contributed by atoms with E-state index in [4.69, 9.17) is 4.74 Å². The van der Waals surface area contributed by atoms with Crippen molar-refractivity contribution in [1.82, 2.24) is 5.32 Å². The minimum atomic E-state index is -0.993. The van der Waals surface area contributed by atoms with Crippen molar-refractivity contribution in [2.75, 3.05) is 25.1 Å². The lowest BCUT2D eigenvalue weighted by atomic mass is 9.94. The Morgan fingerprint density at radius 2 is 1.77 bits per heavy atom. The number of hydrogen-bond donors (Lipinski definition) is 3. The number of carbonyl (C=O) groups excluding carboxylic acids is 2. The number of rotatable bonds is 3. The molecule has 120 valence electrons. The van der Waals surface area contributed by atoms with Gasteiger partial charge in [-0.25, -0.2) is 0 Å². The second-order valence-corrected chi connectivity index (χ2v) is 5.74. The van der Waals surface area contributed by atoms with Gasteiger partial charge in [0.2, 0.25) is 0 Å². The lowest BCUT2D eigenvalue weighted by Gasteiger charge is -2.31. The molecule has 0 spiro atoms. The molecule has 22 heavy (non-hydrogen) atoms. The van der Waals surface area contributed by atoms with Gasteiger partial charge in [0, 0.05) is 38.3 Å². The largest absolute Gasteiger partial charge is 0.388 e. The Balaban J connectivity index is 1.91. The number of para-hydroxylation sites is 1. The third-order valence-electron chi connectivity index (χ3n) is 3.93. The van der Waals surface area contributed by atoms with E-state index in [1.165, 1.54) is 0 Å². The number of anilines is 1. The predicted molar refractivity (Wildman–Crippen MR) is 82.6 cm³/mol. The summed E-state index contributed by atoms with van der Waals surface area (Å²) in [6.07, 6.45) is 0.900. The summed E-state index contributed by atoms with van der Waals surface area (Å²) in [6, 6.07) is 5.62. The van der Waals surface area contributed by atoms with Crippen molar-refractivity contribution in [2.45, 2.75) is 32.3 Å². The molecule has 3 N–H and O–H groups in total. The molecule has 1 heterocycles. The van der Waals surface area contributed by atoms with Gasteiger partial charge in [0.25, 0.3) is 0 Å². The Kier molecular flexibility index (Phi) is 5.15. The highest BCUT2D eigenvalue weighted by atomic mass is 16.5. The van der Waals surface area contributed by atoms with E-state index in [0.717, 1.165) is 11.1 Å². The molecule has 1 aromatic carbocycles. The summed E-state index contributed by atoms with van der Waals surface area (Å²) in [5.41, 5.74) is 1.44. The van der Waals surface area contributed by atoms with Crippen LogP contribution in [-0.4, -0.2) is 42.3 Å². The summed E-state index contributed by atoms with van der Waals surface area (Å²) in [5, 5.41) is 15.4. The molecule has 6 heteroatoms. The molecule has 0 aliphatic carbocycles. The molecule has 1 aliphatic rings. The standard InChI is InChI=1S/C16H22N2O4/c1-11-4-3-5-12(2)13(11)18-15(20)14(19)17-10-16(21)6-8-22-9-7-16/h3-5,21H,6-10H2,1-2H3,(H,17,19)(H,18,20). The Morgan fingerprint density at radius 3 is 2.36 bits per heavy atom. The molecular weight excluding hydrogens is 284 g/mol. The number of benzene rings is 1. The van der Waals surface area contributed by atoms with Crippen LogP contribution in [0.1, 0.15) is 24.0 Å². The summed E-state index contributed by atoms with van der Waals surface area (Å²) < 4.78 is 5.17. The predicted octanol–water partition coefficient (Wildman–Crippen LogP) is 0.900. The maximum absolute atomic E-state index is 12.0. The molecule has 1 saturated heterocycles. The smallest absolute Gasteiger partial charge is 0.313 e. The fourth-order valence-corrected chi connectivity index (χ4v) is 2.44. The Bertz CT molecular complexity index is 545. The maximum atomic E-state index is 12.0. The van der Waals surface area contributed by atoms with Gasteiger partial charge in [-0.2, -0.15) is 0 Å². The molecule has 1 aliphatic heterocycles. The minimum absolute atomic E-state index is 0.0510. The summed E-state index contributed by atoms with van der Waals surface area (Å²) in [6.45, 7) is 4.70. The first-order valence-electron chi connectivity index (χ1n) is 7.37. The van der Waals surface area contributed by atoms with Crippen LogP contribution in [0, 0.1) is 13.8 Å². The van der Waals surface area contributed by atoms with Crippen LogP contribution in [0.4, 0.5) is 5.69 Å². The molecule has 0 atom stereocenters. The van der Waals surface area contributed by atoms with Crippen LogP contribution in [-0.2, 0) is 14.3 Å². The van der Waals surface area contributed by atoms with Crippen LogP contribution in [0.2, 0.25) is 0 Å². The minimum Gasteiger partial charge on any atom is -0.388 e. The van der Waals surface area contributed by atoms with E-state index in [1.807, 2.05) is 32.0 Å². The zero-order valence-corrected chi connectivity index (χ0v) is 12.9. The van der Waals surface area contributed by atoms with Crippen molar-refractivity contribution in [3.63, 3.8) is 0 Å². The average molecular weight is 306 g/mol. The molecular formula is C16H22N2O4. The molecule has 2 amide bonds. The monoisotopic (exact) mass is 306 g/mol. The summed E-state index contributed by atoms with van der Waals surface area (Å²) in [4.78, 5) is 23.9. The zero-order valence-electron chi connectivity index (χ0n) is 12.9. The summed E-state index contributed by atoms with van der Waals surface area (Å²) in [7, 11) is 0. The Labute approximate surface area is 129 Å². The van der Waals surface area contributed by atoms with E-state index < -0.39 is 17.4 Å². The quantitative estimate of drug-likeness (QED) is 0.724. The fourth-order valence-electron chi connectivity index (χ4n) is 2.44. The van der Waals surface area contributed by atoms with E-state index in [2.05, 4.69) is 10.6 Å². The molecule has 0 bridgehead atoms. The summed E-state index contributed by atoms with van der Waals surface area (Å²) >= 11 is 0. The average Bonchev–Trinajstić information content (AvgIpc) is 2.49. The van der Waals surface area contributed by atoms with Crippen molar-refractivity contribution in [3.05, 3.63) is 29.3 Å². The number of nitrogens with one attached hydrogen (secondary N) is 2. The van der Waals surface area contributed by atoms with Gasteiger partial charge < -0.3 is 20.5 Å². The fraction of sp³-hybridized carbons (Fsp3) is 0.500. The Hall–Kier alpha value is -1.92. The molecule has 0 aromatic heterocycles. The molecule has 6 nitrogen and oxygen atoms in total. The molecule has 0 saturated carbocycles. The van der Waals surface area contributed by atoms with Crippen molar-refractivity contribution in [3.8, 4) is 0 Å². The first-order chi connectivity index (χ1) is 10.4. The molecule has 0 radical (unpaired) electrons. The van der Waals surface area contributed by atoms with Crippen LogP contribution in [0.15, 0.2) is 18.2 Å². The van der Waals surface area contributed by atoms with Crippen LogP contribution in [0.25, 0.3) is 0 Å². The lowest BCUT2D eigenvalue weighted by molar-refractivity contribution is -0.137. The number of hydrogen-bond acceptors (Lipinski definition) is 4. The third kappa shape index (κ3) is 4.05. The second-order valence-electron chi connectivity index (χ2n) is 5.74. The van der Waals surface area contributed by atoms with E-state index in [-0.39, 0.29) is 6.54 Å². The number of amides is 2. The van der Waals surface area contributed by atoms with Crippen LogP contribution < -0.4 is 10.6 Å². The van der Waals surface area contributed by atoms with Crippen molar-refractivity contribution >= 4 is 17.5 Å². The maximum Gasteiger partial charge on any atom is 0.313 e. The molecule has 0 unspecified atom stereocenters. The van der Waals surface area contributed by atoms with Gasteiger partial charge in [-0.05, 0) is 25.0 Å². The van der Waals surface area contributed by atoms with Gasteiger partial charge in [0.15, 0.2) is 0 Å². The van der Waals surface area contributed by atoms with Gasteiger partial charge in [0.05, 0.1) is 5.60 Å². The van der Waals surface area contributed by atoms with Crippen LogP contribution in [0.3, 0.4) is 0 Å². The first kappa shape index (κ1) is 16.5. The second kappa shape index (κ2) is 6.89. The first-order valence-corrected chi connectivity index (χ1v) is 7.37. The number of aliphatic hydroxyl groups is 1. The molecule has 2 rings (SSSR count). The number of carbonyl (C=O) groups is 2. The van der Waals surface area contributed by atoms with Gasteiger partial charge in [-0.3, -0.25) is 9.59 Å². The van der Waals surface area contributed by atoms with E-state index in [1.54, 1.807) is 0 Å². The third-order valence-corrected chi connectivity index (χ3v) is 3.93. The van der Waals surface area contributed by atoms with Crippen molar-refractivity contribution in [1.29, 1.82) is 0 Å². The van der Waals surface area contributed by atoms with Crippen LogP contribution >= 0.6 is 0 Å². The normalized spacial score (nSPS) is 16.9. The lowest BCUT2D eigenvalue weighted by Crippen LogP contribution is -2.48. The zero-order chi connectivity index (χ0) is 16.2. The summed E-state index contributed by atoms with van der Waals surface area (Å²) in [5.74, 6) is -1.48. The van der Waals surface area contributed by atoms with Gasteiger partial charge in [-0.1, -0.05) is 18.2 Å². The van der Waals surface area contributed by atoms with Gasteiger partial charge >= 0.3 is 11.8 Å². The van der Waals surface area contributed by atoms with E-state index in [9.17, 15) is 14.7 Å². The van der Waals surface area contributed by atoms with Crippen molar-refractivity contribution in [2.24, 2.45) is 0 Å². The van der Waals surface area contributed by atoms with E-state index in [0.29, 0.717) is 31.7 Å². The SMILES string of the molecule is Cc1cccc(C)c1NC(=O)C(=O)NCC1(O)CCOCC1. The molecule has 1 fully saturated rings. The highest BCUT2D eigenvalue weighted by molar-refractivity contribution is 6.39.